The van der Waals surface area contributed by atoms with Crippen molar-refractivity contribution < 1.29 is 5.11 Å². The van der Waals surface area contributed by atoms with E-state index in [2.05, 4.69) is 12.2 Å². The first kappa shape index (κ1) is 9.26. The van der Waals surface area contributed by atoms with E-state index in [0.29, 0.717) is 5.92 Å². The van der Waals surface area contributed by atoms with E-state index in [1.165, 1.54) is 38.5 Å². The fourth-order valence-corrected chi connectivity index (χ4v) is 2.53. The fraction of sp³-hybridized carbons (Fsp3) is 0.833. The Bertz CT molecular complexity index is 176. The summed E-state index contributed by atoms with van der Waals surface area (Å²) in [5.74, 6) is 1.53. The maximum Gasteiger partial charge on any atom is 0.0568 e. The number of aliphatic hydroxyl groups excluding tert-OH is 1. The molecule has 2 unspecified atom stereocenters. The third-order valence-electron chi connectivity index (χ3n) is 3.66. The van der Waals surface area contributed by atoms with Gasteiger partial charge in [0.25, 0.3) is 0 Å². The molecule has 1 saturated carbocycles. The topological polar surface area (TPSA) is 20.2 Å². The lowest BCUT2D eigenvalue weighted by molar-refractivity contribution is 0.00937. The monoisotopic (exact) mass is 180 g/mol. The predicted octanol–water partition coefficient (Wildman–Crippen LogP) is 2.89. The van der Waals surface area contributed by atoms with Gasteiger partial charge in [0.15, 0.2) is 0 Å². The lowest BCUT2D eigenvalue weighted by atomic mass is 9.75. The van der Waals surface area contributed by atoms with Gasteiger partial charge in [-0.05, 0) is 56.8 Å². The molecule has 1 N–H and O–H groups in total. The zero-order valence-electron chi connectivity index (χ0n) is 8.28. The van der Waals surface area contributed by atoms with E-state index in [1.54, 1.807) is 0 Å². The molecule has 2 aliphatic carbocycles. The molecule has 1 fully saturated rings. The molecule has 0 amide bonds. The second kappa shape index (κ2) is 4.28. The fourth-order valence-electron chi connectivity index (χ4n) is 2.53. The lowest BCUT2D eigenvalue weighted by Crippen LogP contribution is -2.32. The third-order valence-corrected chi connectivity index (χ3v) is 3.66. The predicted molar refractivity (Wildman–Crippen MR) is 54.4 cm³/mol. The van der Waals surface area contributed by atoms with E-state index in [9.17, 15) is 5.11 Å². The van der Waals surface area contributed by atoms with Crippen LogP contribution < -0.4 is 0 Å². The summed E-state index contributed by atoms with van der Waals surface area (Å²) in [4.78, 5) is 0. The minimum atomic E-state index is 0.0382. The molecule has 2 aliphatic rings. The van der Waals surface area contributed by atoms with Gasteiger partial charge in [-0.1, -0.05) is 12.2 Å². The van der Waals surface area contributed by atoms with Crippen molar-refractivity contribution in [2.75, 3.05) is 0 Å². The van der Waals surface area contributed by atoms with Crippen molar-refractivity contribution in [2.45, 2.75) is 51.0 Å². The summed E-state index contributed by atoms with van der Waals surface area (Å²) in [6.07, 6.45) is 13.5. The summed E-state index contributed by atoms with van der Waals surface area (Å²) in [6, 6.07) is 0. The standard InChI is InChI=1S/C12H20O/c13-12-8-7-11(12)9-10-5-3-1-2-4-6-10/h1-2,10-13H,3-9H2. The molecular weight excluding hydrogens is 160 g/mol. The van der Waals surface area contributed by atoms with Crippen molar-refractivity contribution >= 4 is 0 Å². The smallest absolute Gasteiger partial charge is 0.0568 e. The highest BCUT2D eigenvalue weighted by Crippen LogP contribution is 2.36. The summed E-state index contributed by atoms with van der Waals surface area (Å²) in [7, 11) is 0. The summed E-state index contributed by atoms with van der Waals surface area (Å²) in [6.45, 7) is 0. The van der Waals surface area contributed by atoms with E-state index in [4.69, 9.17) is 0 Å². The average molecular weight is 180 g/mol. The largest absolute Gasteiger partial charge is 0.393 e. The molecule has 2 atom stereocenters. The molecule has 0 aliphatic heterocycles. The van der Waals surface area contributed by atoms with Gasteiger partial charge in [0, 0.05) is 0 Å². The van der Waals surface area contributed by atoms with E-state index >= 15 is 0 Å². The first-order chi connectivity index (χ1) is 6.36. The van der Waals surface area contributed by atoms with Gasteiger partial charge in [0.1, 0.15) is 0 Å². The highest BCUT2D eigenvalue weighted by Gasteiger charge is 2.30. The van der Waals surface area contributed by atoms with Crippen LogP contribution in [0.1, 0.15) is 44.9 Å². The van der Waals surface area contributed by atoms with Crippen LogP contribution in [0.4, 0.5) is 0 Å². The number of rotatable bonds is 2. The Morgan fingerprint density at radius 2 is 1.69 bits per heavy atom. The van der Waals surface area contributed by atoms with Gasteiger partial charge in [-0.25, -0.2) is 0 Å². The van der Waals surface area contributed by atoms with Gasteiger partial charge in [-0.3, -0.25) is 0 Å². The molecule has 0 aromatic rings. The first-order valence-electron chi connectivity index (χ1n) is 5.69. The van der Waals surface area contributed by atoms with E-state index in [-0.39, 0.29) is 6.10 Å². The maximum absolute atomic E-state index is 9.49. The Balaban J connectivity index is 1.74. The van der Waals surface area contributed by atoms with Crippen LogP contribution in [-0.4, -0.2) is 11.2 Å². The van der Waals surface area contributed by atoms with Crippen molar-refractivity contribution in [3.63, 3.8) is 0 Å². The van der Waals surface area contributed by atoms with Gasteiger partial charge in [0.05, 0.1) is 6.10 Å². The van der Waals surface area contributed by atoms with Crippen molar-refractivity contribution in [1.82, 2.24) is 0 Å². The number of aliphatic hydroxyl groups is 1. The van der Waals surface area contributed by atoms with Gasteiger partial charge in [-0.2, -0.15) is 0 Å². The van der Waals surface area contributed by atoms with Crippen LogP contribution in [0.5, 0.6) is 0 Å². The Labute approximate surface area is 80.8 Å². The molecule has 0 radical (unpaired) electrons. The van der Waals surface area contributed by atoms with Crippen LogP contribution in [0.25, 0.3) is 0 Å². The van der Waals surface area contributed by atoms with Gasteiger partial charge in [-0.15, -0.1) is 0 Å². The van der Waals surface area contributed by atoms with Crippen molar-refractivity contribution in [3.05, 3.63) is 12.2 Å². The molecule has 0 heterocycles. The first-order valence-corrected chi connectivity index (χ1v) is 5.69. The molecule has 0 spiro atoms. The summed E-state index contributed by atoms with van der Waals surface area (Å²) >= 11 is 0. The van der Waals surface area contributed by atoms with Gasteiger partial charge < -0.3 is 5.11 Å². The Morgan fingerprint density at radius 1 is 1.00 bits per heavy atom. The quantitative estimate of drug-likeness (QED) is 0.648. The molecule has 1 nitrogen and oxygen atoms in total. The Hall–Kier alpha value is -0.300. The van der Waals surface area contributed by atoms with E-state index in [1.807, 2.05) is 0 Å². The molecule has 0 aromatic carbocycles. The summed E-state index contributed by atoms with van der Waals surface area (Å²) < 4.78 is 0. The highest BCUT2D eigenvalue weighted by molar-refractivity contribution is 4.89. The number of allylic oxidation sites excluding steroid dienone is 2. The van der Waals surface area contributed by atoms with Crippen LogP contribution >= 0.6 is 0 Å². The Morgan fingerprint density at radius 3 is 2.15 bits per heavy atom. The average Bonchev–Trinajstić information content (AvgIpc) is 2.40. The molecule has 2 rings (SSSR count). The third kappa shape index (κ3) is 2.34. The molecule has 0 aromatic heterocycles. The second-order valence-corrected chi connectivity index (χ2v) is 4.63. The molecular formula is C12H20O. The summed E-state index contributed by atoms with van der Waals surface area (Å²) in [5.41, 5.74) is 0. The van der Waals surface area contributed by atoms with Crippen LogP contribution in [0.15, 0.2) is 12.2 Å². The van der Waals surface area contributed by atoms with Crippen molar-refractivity contribution in [3.8, 4) is 0 Å². The normalized spacial score (nSPS) is 35.5. The Kier molecular flexibility index (Phi) is 3.05. The molecule has 0 saturated heterocycles. The minimum absolute atomic E-state index is 0.0382. The lowest BCUT2D eigenvalue weighted by Gasteiger charge is -2.35. The van der Waals surface area contributed by atoms with Crippen LogP contribution in [0.2, 0.25) is 0 Å². The zero-order chi connectivity index (χ0) is 9.10. The van der Waals surface area contributed by atoms with E-state index in [0.717, 1.165) is 12.3 Å². The SMILES string of the molecule is OC1CCC1CC1CCC=CCC1. The molecule has 74 valence electrons. The number of hydrogen-bond donors (Lipinski definition) is 1. The number of hydrogen-bond acceptors (Lipinski definition) is 1. The van der Waals surface area contributed by atoms with Gasteiger partial charge >= 0.3 is 0 Å². The highest BCUT2D eigenvalue weighted by atomic mass is 16.3. The summed E-state index contributed by atoms with van der Waals surface area (Å²) in [5, 5.41) is 9.49. The van der Waals surface area contributed by atoms with E-state index < -0.39 is 0 Å². The van der Waals surface area contributed by atoms with Crippen LogP contribution in [0.3, 0.4) is 0 Å². The maximum atomic E-state index is 9.49. The molecule has 0 bridgehead atoms. The van der Waals surface area contributed by atoms with Crippen LogP contribution in [0, 0.1) is 11.8 Å². The van der Waals surface area contributed by atoms with Crippen LogP contribution in [-0.2, 0) is 0 Å². The van der Waals surface area contributed by atoms with Crippen molar-refractivity contribution in [1.29, 1.82) is 0 Å². The molecule has 1 heteroatoms. The zero-order valence-corrected chi connectivity index (χ0v) is 8.28. The second-order valence-electron chi connectivity index (χ2n) is 4.63. The minimum Gasteiger partial charge on any atom is -0.393 e. The van der Waals surface area contributed by atoms with Crippen molar-refractivity contribution in [2.24, 2.45) is 11.8 Å². The van der Waals surface area contributed by atoms with Gasteiger partial charge in [0.2, 0.25) is 0 Å². The molecule has 13 heavy (non-hydrogen) atoms.